The van der Waals surface area contributed by atoms with E-state index < -0.39 is 37.8 Å². The van der Waals surface area contributed by atoms with Crippen LogP contribution in [0.4, 0.5) is 4.39 Å². The van der Waals surface area contributed by atoms with Gasteiger partial charge in [0.05, 0.1) is 11.2 Å². The summed E-state index contributed by atoms with van der Waals surface area (Å²) in [6.45, 7) is 3.54. The average Bonchev–Trinajstić information content (AvgIpc) is 2.37. The van der Waals surface area contributed by atoms with Crippen LogP contribution in [-0.4, -0.2) is 33.6 Å². The van der Waals surface area contributed by atoms with Crippen molar-refractivity contribution in [3.05, 3.63) is 28.5 Å². The first-order chi connectivity index (χ1) is 9.48. The number of rotatable bonds is 5. The number of nitrogens with two attached hydrogens (primary N) is 1. The summed E-state index contributed by atoms with van der Waals surface area (Å²) in [5, 5.41) is 7.21. The van der Waals surface area contributed by atoms with Crippen LogP contribution in [0.1, 0.15) is 24.2 Å². The average molecular weight is 339 g/mol. The Balaban J connectivity index is 3.14. The lowest BCUT2D eigenvalue weighted by molar-refractivity contribution is 0.0228. The third kappa shape index (κ3) is 4.63. The Morgan fingerprint density at radius 1 is 1.48 bits per heavy atom. The van der Waals surface area contributed by atoms with Crippen LogP contribution in [0.3, 0.4) is 0 Å². The van der Waals surface area contributed by atoms with E-state index >= 15 is 0 Å². The molecule has 3 N–H and O–H groups in total. The van der Waals surface area contributed by atoms with Gasteiger partial charge in [0.1, 0.15) is 4.90 Å². The first-order valence-corrected chi connectivity index (χ1v) is 7.75. The fourth-order valence-electron chi connectivity index (χ4n) is 1.40. The number of methoxy groups -OCH3 is 1. The highest BCUT2D eigenvalue weighted by Crippen LogP contribution is 2.23. The molecule has 0 atom stereocenters. The number of hydrogen-bond donors (Lipinski definition) is 2. The molecule has 0 unspecified atom stereocenters. The number of hydrogen-bond acceptors (Lipinski definition) is 4. The van der Waals surface area contributed by atoms with Crippen LogP contribution in [0.15, 0.2) is 17.0 Å². The molecule has 1 aromatic carbocycles. The molecule has 0 fully saturated rings. The second-order valence-electron chi connectivity index (χ2n) is 4.96. The molecule has 1 amide bonds. The molecule has 1 aromatic rings. The first-order valence-electron chi connectivity index (χ1n) is 5.83. The monoisotopic (exact) mass is 338 g/mol. The molecule has 0 saturated heterocycles. The fraction of sp³-hybridized carbons (Fsp3) is 0.417. The summed E-state index contributed by atoms with van der Waals surface area (Å²) in [7, 11) is -2.86. The molecule has 0 saturated carbocycles. The number of carbonyl (C=O) groups excluding carboxylic acids is 1. The lowest BCUT2D eigenvalue weighted by atomic mass is 10.1. The molecule has 118 valence electrons. The zero-order valence-electron chi connectivity index (χ0n) is 11.7. The zero-order chi connectivity index (χ0) is 16.4. The predicted octanol–water partition coefficient (Wildman–Crippen LogP) is 1.28. The molecule has 0 spiro atoms. The van der Waals surface area contributed by atoms with Crippen molar-refractivity contribution in [2.45, 2.75) is 24.3 Å². The van der Waals surface area contributed by atoms with E-state index in [-0.39, 0.29) is 11.6 Å². The van der Waals surface area contributed by atoms with Crippen molar-refractivity contribution < 1.29 is 22.3 Å². The molecule has 0 aromatic heterocycles. The Bertz CT molecular complexity index is 661. The van der Waals surface area contributed by atoms with Crippen LogP contribution in [0.5, 0.6) is 0 Å². The molecular weight excluding hydrogens is 323 g/mol. The van der Waals surface area contributed by atoms with Crippen molar-refractivity contribution in [1.82, 2.24) is 5.32 Å². The second kappa shape index (κ2) is 6.27. The van der Waals surface area contributed by atoms with E-state index in [0.717, 1.165) is 12.1 Å². The quantitative estimate of drug-likeness (QED) is 0.844. The number of benzene rings is 1. The minimum Gasteiger partial charge on any atom is -0.377 e. The fourth-order valence-corrected chi connectivity index (χ4v) is 2.33. The molecule has 0 radical (unpaired) electrons. The lowest BCUT2D eigenvalue weighted by Gasteiger charge is -2.23. The lowest BCUT2D eigenvalue weighted by Crippen LogP contribution is -2.40. The normalized spacial score (nSPS) is 12.3. The molecule has 0 bridgehead atoms. The van der Waals surface area contributed by atoms with Crippen molar-refractivity contribution in [1.29, 1.82) is 0 Å². The largest absolute Gasteiger partial charge is 0.377 e. The molecule has 9 heteroatoms. The topological polar surface area (TPSA) is 98.5 Å². The maximum atomic E-state index is 14.1. The Morgan fingerprint density at radius 3 is 2.52 bits per heavy atom. The summed E-state index contributed by atoms with van der Waals surface area (Å²) in [5.74, 6) is -2.06. The second-order valence-corrected chi connectivity index (χ2v) is 6.92. The first kappa shape index (κ1) is 17.8. The Kier molecular flexibility index (Phi) is 5.32. The van der Waals surface area contributed by atoms with Crippen LogP contribution in [0, 0.1) is 5.82 Å². The van der Waals surface area contributed by atoms with Gasteiger partial charge in [-0.2, -0.15) is 0 Å². The third-order valence-electron chi connectivity index (χ3n) is 2.78. The highest BCUT2D eigenvalue weighted by molar-refractivity contribution is 7.89. The van der Waals surface area contributed by atoms with E-state index in [1.54, 1.807) is 13.8 Å². The summed E-state index contributed by atoms with van der Waals surface area (Å²) < 4.78 is 41.7. The van der Waals surface area contributed by atoms with Crippen LogP contribution in [0.25, 0.3) is 0 Å². The van der Waals surface area contributed by atoms with Gasteiger partial charge in [-0.05, 0) is 26.0 Å². The van der Waals surface area contributed by atoms with Crippen molar-refractivity contribution in [3.63, 3.8) is 0 Å². The van der Waals surface area contributed by atoms with Gasteiger partial charge in [-0.25, -0.2) is 17.9 Å². The smallest absolute Gasteiger partial charge is 0.254 e. The third-order valence-corrected chi connectivity index (χ3v) is 3.91. The van der Waals surface area contributed by atoms with E-state index in [2.05, 4.69) is 5.32 Å². The molecule has 21 heavy (non-hydrogen) atoms. The molecule has 0 aliphatic rings. The van der Waals surface area contributed by atoms with Crippen molar-refractivity contribution in [2.75, 3.05) is 13.7 Å². The Morgan fingerprint density at radius 2 is 2.05 bits per heavy atom. The number of carbonyl (C=O) groups is 1. The minimum atomic E-state index is -4.32. The standard InChI is InChI=1S/C12H16ClFN2O4S/c1-12(2,20-3)6-16-11(17)8-4-7(13)5-9(10(8)14)21(15,18)19/h4-5H,6H2,1-3H3,(H,16,17)(H2,15,18,19). The van der Waals surface area contributed by atoms with Gasteiger partial charge in [0.25, 0.3) is 5.91 Å². The van der Waals surface area contributed by atoms with Gasteiger partial charge in [0.15, 0.2) is 5.82 Å². The molecule has 0 aliphatic carbocycles. The van der Waals surface area contributed by atoms with Gasteiger partial charge < -0.3 is 10.1 Å². The van der Waals surface area contributed by atoms with Gasteiger partial charge in [-0.15, -0.1) is 0 Å². The maximum Gasteiger partial charge on any atom is 0.254 e. The number of ether oxygens (including phenoxy) is 1. The predicted molar refractivity (Wildman–Crippen MR) is 76.2 cm³/mol. The molecular formula is C12H16ClFN2O4S. The Hall–Kier alpha value is -1.22. The molecule has 1 rings (SSSR count). The van der Waals surface area contributed by atoms with E-state index in [0.29, 0.717) is 0 Å². The van der Waals surface area contributed by atoms with E-state index in [4.69, 9.17) is 21.5 Å². The van der Waals surface area contributed by atoms with Crippen LogP contribution >= 0.6 is 11.6 Å². The molecule has 6 nitrogen and oxygen atoms in total. The number of nitrogens with one attached hydrogen (secondary N) is 1. The van der Waals surface area contributed by atoms with E-state index in [9.17, 15) is 17.6 Å². The summed E-state index contributed by atoms with van der Waals surface area (Å²) in [6.07, 6.45) is 0. The highest BCUT2D eigenvalue weighted by atomic mass is 35.5. The SMILES string of the molecule is COC(C)(C)CNC(=O)c1cc(Cl)cc(S(N)(=O)=O)c1F. The maximum absolute atomic E-state index is 14.1. The van der Waals surface area contributed by atoms with Crippen LogP contribution < -0.4 is 10.5 Å². The van der Waals surface area contributed by atoms with Crippen molar-refractivity contribution in [3.8, 4) is 0 Å². The highest BCUT2D eigenvalue weighted by Gasteiger charge is 2.24. The Labute approximate surface area is 127 Å². The van der Waals surface area contributed by atoms with Gasteiger partial charge >= 0.3 is 0 Å². The van der Waals surface area contributed by atoms with Crippen molar-refractivity contribution >= 4 is 27.5 Å². The number of primary sulfonamides is 1. The zero-order valence-corrected chi connectivity index (χ0v) is 13.3. The molecule has 0 heterocycles. The summed E-state index contributed by atoms with van der Waals surface area (Å²) in [4.78, 5) is 11.1. The van der Waals surface area contributed by atoms with Gasteiger partial charge in [-0.1, -0.05) is 11.6 Å². The summed E-state index contributed by atoms with van der Waals surface area (Å²) >= 11 is 5.70. The number of halogens is 2. The number of sulfonamides is 1. The van der Waals surface area contributed by atoms with Crippen molar-refractivity contribution in [2.24, 2.45) is 5.14 Å². The summed E-state index contributed by atoms with van der Waals surface area (Å²) in [5.41, 5.74) is -1.16. The van der Waals surface area contributed by atoms with E-state index in [1.165, 1.54) is 7.11 Å². The molecule has 0 aliphatic heterocycles. The van der Waals surface area contributed by atoms with Gasteiger partial charge in [0, 0.05) is 18.7 Å². The van der Waals surface area contributed by atoms with Gasteiger partial charge in [0.2, 0.25) is 10.0 Å². The van der Waals surface area contributed by atoms with Gasteiger partial charge in [-0.3, -0.25) is 4.79 Å². The van der Waals surface area contributed by atoms with Crippen LogP contribution in [-0.2, 0) is 14.8 Å². The summed E-state index contributed by atoms with van der Waals surface area (Å²) in [6, 6.07) is 1.88. The minimum absolute atomic E-state index is 0.0962. The van der Waals surface area contributed by atoms with Crippen LogP contribution in [0.2, 0.25) is 5.02 Å². The number of amides is 1. The van der Waals surface area contributed by atoms with E-state index in [1.807, 2.05) is 0 Å².